The minimum atomic E-state index is -0.177. The average molecular weight is 299 g/mol. The number of aryl methyl sites for hydroxylation is 1. The monoisotopic (exact) mass is 299 g/mol. The molecule has 20 heavy (non-hydrogen) atoms. The predicted molar refractivity (Wildman–Crippen MR) is 83.3 cm³/mol. The van der Waals surface area contributed by atoms with Crippen molar-refractivity contribution in [2.45, 2.75) is 45.7 Å². The maximum absolute atomic E-state index is 12.2. The van der Waals surface area contributed by atoms with Gasteiger partial charge >= 0.3 is 0 Å². The molecule has 2 N–H and O–H groups in total. The maximum Gasteiger partial charge on any atom is 0.272 e. The Kier molecular flexibility index (Phi) is 6.07. The summed E-state index contributed by atoms with van der Waals surface area (Å²) in [5.41, 5.74) is 1.25. The fraction of sp³-hybridized carbons (Fsp3) is 0.714. The average Bonchev–Trinajstić information content (AvgIpc) is 2.72. The number of aromatic nitrogens is 2. The highest BCUT2D eigenvalue weighted by atomic mass is 32.2. The summed E-state index contributed by atoms with van der Waals surface area (Å²) in [6, 6.07) is 1.78. The van der Waals surface area contributed by atoms with E-state index in [4.69, 9.17) is 5.11 Å². The first-order valence-electron chi connectivity index (χ1n) is 6.77. The fourth-order valence-electron chi connectivity index (χ4n) is 2.08. The number of rotatable bonds is 6. The zero-order chi connectivity index (χ0) is 15.3. The molecular formula is C14H25N3O2S. The smallest absolute Gasteiger partial charge is 0.272 e. The largest absolute Gasteiger partial charge is 0.396 e. The third-order valence-corrected chi connectivity index (χ3v) is 3.67. The molecule has 0 radical (unpaired) electrons. The third-order valence-electron chi connectivity index (χ3n) is 2.94. The van der Waals surface area contributed by atoms with Crippen LogP contribution in [0.25, 0.3) is 0 Å². The molecule has 1 rings (SSSR count). The molecule has 1 aromatic rings. The van der Waals surface area contributed by atoms with Crippen LogP contribution in [-0.4, -0.2) is 45.5 Å². The molecule has 5 nitrogen and oxygen atoms in total. The number of aliphatic hydroxyl groups excluding tert-OH is 1. The van der Waals surface area contributed by atoms with E-state index in [0.29, 0.717) is 12.1 Å². The molecular weight excluding hydrogens is 274 g/mol. The fourth-order valence-corrected chi connectivity index (χ4v) is 2.73. The van der Waals surface area contributed by atoms with E-state index < -0.39 is 0 Å². The van der Waals surface area contributed by atoms with Crippen molar-refractivity contribution >= 4 is 17.7 Å². The van der Waals surface area contributed by atoms with Gasteiger partial charge in [0, 0.05) is 24.1 Å². The van der Waals surface area contributed by atoms with Gasteiger partial charge in [0.25, 0.3) is 5.91 Å². The van der Waals surface area contributed by atoms with E-state index >= 15 is 0 Å². The number of hydrogen-bond acceptors (Lipinski definition) is 4. The molecule has 0 aromatic carbocycles. The highest BCUT2D eigenvalue weighted by Gasteiger charge is 2.21. The first-order valence-corrected chi connectivity index (χ1v) is 8.16. The van der Waals surface area contributed by atoms with Gasteiger partial charge in [-0.1, -0.05) is 0 Å². The summed E-state index contributed by atoms with van der Waals surface area (Å²) < 4.78 is 1.86. The van der Waals surface area contributed by atoms with Crippen molar-refractivity contribution in [2.75, 3.05) is 18.6 Å². The quantitative estimate of drug-likeness (QED) is 0.840. The SMILES string of the molecule is CSCC(CCO)NC(=O)c1cc(C)n(C(C)(C)C)n1. The molecule has 1 atom stereocenters. The summed E-state index contributed by atoms with van der Waals surface area (Å²) in [6.45, 7) is 8.17. The number of carbonyl (C=O) groups is 1. The molecule has 0 fully saturated rings. The molecule has 0 saturated heterocycles. The van der Waals surface area contributed by atoms with Gasteiger partial charge in [-0.3, -0.25) is 9.48 Å². The van der Waals surface area contributed by atoms with Crippen molar-refractivity contribution in [1.29, 1.82) is 0 Å². The number of carbonyl (C=O) groups excluding carboxylic acids is 1. The molecule has 0 saturated carbocycles. The Morgan fingerprint density at radius 2 is 2.20 bits per heavy atom. The van der Waals surface area contributed by atoms with Crippen molar-refractivity contribution in [1.82, 2.24) is 15.1 Å². The third kappa shape index (κ3) is 4.52. The van der Waals surface area contributed by atoms with E-state index in [1.807, 2.05) is 17.9 Å². The Labute approximate surface area is 125 Å². The Balaban J connectivity index is 2.82. The van der Waals surface area contributed by atoms with Crippen LogP contribution < -0.4 is 5.32 Å². The molecule has 1 amide bonds. The van der Waals surface area contributed by atoms with Gasteiger partial charge in [-0.05, 0) is 46.4 Å². The normalized spacial score (nSPS) is 13.3. The highest BCUT2D eigenvalue weighted by Crippen LogP contribution is 2.17. The summed E-state index contributed by atoms with van der Waals surface area (Å²) in [5.74, 6) is 0.606. The van der Waals surface area contributed by atoms with Gasteiger partial charge in [0.2, 0.25) is 0 Å². The Hall–Kier alpha value is -1.01. The maximum atomic E-state index is 12.2. The van der Waals surface area contributed by atoms with Gasteiger partial charge in [-0.2, -0.15) is 16.9 Å². The summed E-state index contributed by atoms with van der Waals surface area (Å²) in [5, 5.41) is 16.3. The first kappa shape index (κ1) is 17.0. The van der Waals surface area contributed by atoms with Crippen molar-refractivity contribution in [3.63, 3.8) is 0 Å². The van der Waals surface area contributed by atoms with Crippen LogP contribution >= 0.6 is 11.8 Å². The van der Waals surface area contributed by atoms with E-state index in [1.54, 1.807) is 17.8 Å². The molecule has 0 aliphatic heterocycles. The number of hydrogen-bond donors (Lipinski definition) is 2. The van der Waals surface area contributed by atoms with E-state index in [1.165, 1.54) is 0 Å². The van der Waals surface area contributed by atoms with Crippen molar-refractivity contribution in [2.24, 2.45) is 0 Å². The van der Waals surface area contributed by atoms with Gasteiger partial charge in [-0.25, -0.2) is 0 Å². The zero-order valence-corrected chi connectivity index (χ0v) is 13.8. The lowest BCUT2D eigenvalue weighted by Gasteiger charge is -2.21. The second kappa shape index (κ2) is 7.13. The van der Waals surface area contributed by atoms with Crippen LogP contribution in [0.4, 0.5) is 0 Å². The van der Waals surface area contributed by atoms with Crippen LogP contribution in [-0.2, 0) is 5.54 Å². The summed E-state index contributed by atoms with van der Waals surface area (Å²) in [4.78, 5) is 12.2. The standard InChI is InChI=1S/C14H25N3O2S/c1-10-8-12(16-17(10)14(2,3)4)13(19)15-11(6-7-18)9-20-5/h8,11,18H,6-7,9H2,1-5H3,(H,15,19). The molecule has 1 heterocycles. The Morgan fingerprint density at radius 3 is 2.65 bits per heavy atom. The molecule has 1 unspecified atom stereocenters. The lowest BCUT2D eigenvalue weighted by atomic mass is 10.1. The minimum absolute atomic E-state index is 0.0254. The van der Waals surface area contributed by atoms with Gasteiger partial charge in [-0.15, -0.1) is 0 Å². The molecule has 0 aliphatic rings. The van der Waals surface area contributed by atoms with Crippen LogP contribution in [0.1, 0.15) is 43.4 Å². The lowest BCUT2D eigenvalue weighted by molar-refractivity contribution is 0.0928. The number of amides is 1. The van der Waals surface area contributed by atoms with E-state index in [9.17, 15) is 4.79 Å². The highest BCUT2D eigenvalue weighted by molar-refractivity contribution is 7.98. The topological polar surface area (TPSA) is 67.2 Å². The Morgan fingerprint density at radius 1 is 1.55 bits per heavy atom. The summed E-state index contributed by atoms with van der Waals surface area (Å²) >= 11 is 1.65. The van der Waals surface area contributed by atoms with Gasteiger partial charge < -0.3 is 10.4 Å². The summed E-state index contributed by atoms with van der Waals surface area (Å²) in [7, 11) is 0. The predicted octanol–water partition coefficient (Wildman–Crippen LogP) is 1.79. The van der Waals surface area contributed by atoms with Gasteiger partial charge in [0.1, 0.15) is 5.69 Å². The first-order chi connectivity index (χ1) is 9.29. The molecule has 1 aromatic heterocycles. The number of aliphatic hydroxyl groups is 1. The zero-order valence-electron chi connectivity index (χ0n) is 12.9. The minimum Gasteiger partial charge on any atom is -0.396 e. The van der Waals surface area contributed by atoms with Crippen LogP contribution in [0.2, 0.25) is 0 Å². The second-order valence-electron chi connectivity index (χ2n) is 5.89. The number of thioether (sulfide) groups is 1. The molecule has 0 aliphatic carbocycles. The lowest BCUT2D eigenvalue weighted by Crippen LogP contribution is -2.37. The second-order valence-corrected chi connectivity index (χ2v) is 6.80. The van der Waals surface area contributed by atoms with Crippen LogP contribution in [0.3, 0.4) is 0 Å². The Bertz CT molecular complexity index is 446. The molecule has 6 heteroatoms. The van der Waals surface area contributed by atoms with Gasteiger partial charge in [0.15, 0.2) is 0 Å². The number of nitrogens with one attached hydrogen (secondary N) is 1. The number of nitrogens with zero attached hydrogens (tertiary/aromatic N) is 2. The van der Waals surface area contributed by atoms with Crippen molar-refractivity contribution < 1.29 is 9.90 Å². The molecule has 0 spiro atoms. The van der Waals surface area contributed by atoms with E-state index in [2.05, 4.69) is 31.2 Å². The van der Waals surface area contributed by atoms with Crippen LogP contribution in [0.5, 0.6) is 0 Å². The van der Waals surface area contributed by atoms with Crippen LogP contribution in [0, 0.1) is 6.92 Å². The summed E-state index contributed by atoms with van der Waals surface area (Å²) in [6.07, 6.45) is 2.54. The molecule has 0 bridgehead atoms. The van der Waals surface area contributed by atoms with E-state index in [0.717, 1.165) is 11.4 Å². The van der Waals surface area contributed by atoms with Crippen molar-refractivity contribution in [3.05, 3.63) is 17.5 Å². The van der Waals surface area contributed by atoms with Gasteiger partial charge in [0.05, 0.1) is 5.54 Å². The van der Waals surface area contributed by atoms with Crippen molar-refractivity contribution in [3.8, 4) is 0 Å². The molecule has 114 valence electrons. The van der Waals surface area contributed by atoms with E-state index in [-0.39, 0.29) is 24.1 Å². The van der Waals surface area contributed by atoms with Crippen LogP contribution in [0.15, 0.2) is 6.07 Å².